The Balaban J connectivity index is 3.49. The molecule has 0 aromatic heterocycles. The first-order valence-corrected chi connectivity index (χ1v) is 7.24. The van der Waals surface area contributed by atoms with Crippen LogP contribution in [0.5, 0.6) is 0 Å². The molecule has 0 aliphatic heterocycles. The molecular weight excluding hydrogens is 186 g/mol. The van der Waals surface area contributed by atoms with E-state index >= 15 is 0 Å². The van der Waals surface area contributed by atoms with E-state index in [4.69, 9.17) is 0 Å². The molecule has 0 aromatic rings. The summed E-state index contributed by atoms with van der Waals surface area (Å²) < 4.78 is 0. The first-order valence-electron chi connectivity index (χ1n) is 4.62. The third-order valence-corrected chi connectivity index (χ3v) is 4.36. The highest BCUT2D eigenvalue weighted by atomic mass is 33.1. The minimum Gasteiger partial charge on any atom is -0.317 e. The molecule has 0 aliphatic carbocycles. The summed E-state index contributed by atoms with van der Waals surface area (Å²) in [7, 11) is 3.90. The Morgan fingerprint density at radius 3 is 2.42 bits per heavy atom. The second-order valence-corrected chi connectivity index (χ2v) is 5.90. The molecule has 0 amide bonds. The summed E-state index contributed by atoms with van der Waals surface area (Å²) in [6.07, 6.45) is 3.45. The Labute approximate surface area is 84.9 Å². The number of hydrogen-bond donors (Lipinski definition) is 1. The molecule has 0 bridgehead atoms. The highest BCUT2D eigenvalue weighted by molar-refractivity contribution is 8.76. The zero-order chi connectivity index (χ0) is 9.40. The summed E-state index contributed by atoms with van der Waals surface area (Å²) in [4.78, 5) is 0. The Morgan fingerprint density at radius 1 is 1.33 bits per heavy atom. The lowest BCUT2D eigenvalue weighted by molar-refractivity contribution is 0.550. The molecule has 0 saturated heterocycles. The SMILES string of the molecule is CCNCCC(SSC)C(C)C. The number of nitrogens with one attached hydrogen (secondary N) is 1. The summed E-state index contributed by atoms with van der Waals surface area (Å²) in [6.45, 7) is 9.02. The van der Waals surface area contributed by atoms with Crippen LogP contribution in [0.3, 0.4) is 0 Å². The van der Waals surface area contributed by atoms with Crippen LogP contribution in [0.4, 0.5) is 0 Å². The molecule has 1 unspecified atom stereocenters. The monoisotopic (exact) mass is 207 g/mol. The van der Waals surface area contributed by atoms with Gasteiger partial charge in [-0.15, -0.1) is 0 Å². The van der Waals surface area contributed by atoms with Crippen LogP contribution in [0, 0.1) is 5.92 Å². The maximum absolute atomic E-state index is 3.37. The quantitative estimate of drug-likeness (QED) is 0.509. The van der Waals surface area contributed by atoms with Gasteiger partial charge in [-0.05, 0) is 31.7 Å². The third-order valence-electron chi connectivity index (χ3n) is 1.82. The van der Waals surface area contributed by atoms with Crippen molar-refractivity contribution in [2.24, 2.45) is 5.92 Å². The molecule has 1 N–H and O–H groups in total. The normalized spacial score (nSPS) is 13.8. The van der Waals surface area contributed by atoms with Crippen LogP contribution in [-0.2, 0) is 0 Å². The molecule has 0 aliphatic rings. The molecule has 3 heteroatoms. The van der Waals surface area contributed by atoms with Gasteiger partial charge in [0.15, 0.2) is 0 Å². The topological polar surface area (TPSA) is 12.0 Å². The van der Waals surface area contributed by atoms with Gasteiger partial charge in [-0.1, -0.05) is 42.4 Å². The van der Waals surface area contributed by atoms with E-state index in [0.29, 0.717) is 0 Å². The van der Waals surface area contributed by atoms with Crippen molar-refractivity contribution < 1.29 is 0 Å². The van der Waals surface area contributed by atoms with E-state index in [1.54, 1.807) is 0 Å². The fraction of sp³-hybridized carbons (Fsp3) is 1.00. The lowest BCUT2D eigenvalue weighted by Gasteiger charge is -2.18. The fourth-order valence-electron chi connectivity index (χ4n) is 1.04. The van der Waals surface area contributed by atoms with Crippen molar-refractivity contribution >= 4 is 21.6 Å². The van der Waals surface area contributed by atoms with E-state index in [1.807, 2.05) is 21.6 Å². The summed E-state index contributed by atoms with van der Waals surface area (Å²) in [6, 6.07) is 0. The molecule has 0 spiro atoms. The molecule has 0 fully saturated rings. The molecule has 0 saturated carbocycles. The van der Waals surface area contributed by atoms with Crippen molar-refractivity contribution in [3.8, 4) is 0 Å². The summed E-state index contributed by atoms with van der Waals surface area (Å²) in [5.41, 5.74) is 0. The van der Waals surface area contributed by atoms with E-state index < -0.39 is 0 Å². The highest BCUT2D eigenvalue weighted by Gasteiger charge is 2.12. The van der Waals surface area contributed by atoms with Crippen molar-refractivity contribution in [3.05, 3.63) is 0 Å². The van der Waals surface area contributed by atoms with E-state index in [2.05, 4.69) is 32.3 Å². The number of rotatable bonds is 7. The maximum Gasteiger partial charge on any atom is 0.0186 e. The molecule has 12 heavy (non-hydrogen) atoms. The molecule has 0 heterocycles. The van der Waals surface area contributed by atoms with E-state index in [-0.39, 0.29) is 0 Å². The molecule has 0 rings (SSSR count). The van der Waals surface area contributed by atoms with Gasteiger partial charge in [0.05, 0.1) is 0 Å². The van der Waals surface area contributed by atoms with Gasteiger partial charge in [-0.3, -0.25) is 0 Å². The van der Waals surface area contributed by atoms with Crippen molar-refractivity contribution in [2.45, 2.75) is 32.4 Å². The lowest BCUT2D eigenvalue weighted by Crippen LogP contribution is -2.21. The second kappa shape index (κ2) is 8.27. The van der Waals surface area contributed by atoms with Crippen molar-refractivity contribution in [1.29, 1.82) is 0 Å². The van der Waals surface area contributed by atoms with Crippen LogP contribution >= 0.6 is 21.6 Å². The molecule has 1 nitrogen and oxygen atoms in total. The van der Waals surface area contributed by atoms with Gasteiger partial charge in [0.2, 0.25) is 0 Å². The third kappa shape index (κ3) is 6.21. The summed E-state index contributed by atoms with van der Waals surface area (Å²) in [5, 5.41) is 4.17. The van der Waals surface area contributed by atoms with Gasteiger partial charge in [0, 0.05) is 5.25 Å². The van der Waals surface area contributed by atoms with Gasteiger partial charge in [-0.2, -0.15) is 0 Å². The first-order chi connectivity index (χ1) is 5.72. The Morgan fingerprint density at radius 2 is 2.00 bits per heavy atom. The van der Waals surface area contributed by atoms with Crippen LogP contribution in [0.2, 0.25) is 0 Å². The van der Waals surface area contributed by atoms with E-state index in [0.717, 1.165) is 24.3 Å². The molecular formula is C9H21NS2. The average molecular weight is 207 g/mol. The Bertz CT molecular complexity index is 96.5. The van der Waals surface area contributed by atoms with Crippen LogP contribution in [0.15, 0.2) is 0 Å². The van der Waals surface area contributed by atoms with Crippen LogP contribution < -0.4 is 5.32 Å². The van der Waals surface area contributed by atoms with Crippen molar-refractivity contribution in [1.82, 2.24) is 5.32 Å². The maximum atomic E-state index is 3.37. The van der Waals surface area contributed by atoms with Gasteiger partial charge < -0.3 is 5.32 Å². The fourth-order valence-corrected chi connectivity index (χ4v) is 3.42. The lowest BCUT2D eigenvalue weighted by atomic mass is 10.1. The van der Waals surface area contributed by atoms with Gasteiger partial charge in [0.25, 0.3) is 0 Å². The van der Waals surface area contributed by atoms with Crippen molar-refractivity contribution in [2.75, 3.05) is 19.3 Å². The minimum atomic E-state index is 0.793. The second-order valence-electron chi connectivity index (χ2n) is 3.19. The van der Waals surface area contributed by atoms with Gasteiger partial charge >= 0.3 is 0 Å². The minimum absolute atomic E-state index is 0.793. The Hall–Kier alpha value is 0.660. The van der Waals surface area contributed by atoms with E-state index in [1.165, 1.54) is 6.42 Å². The largest absolute Gasteiger partial charge is 0.317 e. The number of hydrogen-bond acceptors (Lipinski definition) is 3. The predicted octanol–water partition coefficient (Wildman–Crippen LogP) is 3.02. The van der Waals surface area contributed by atoms with Crippen LogP contribution in [0.25, 0.3) is 0 Å². The van der Waals surface area contributed by atoms with E-state index in [9.17, 15) is 0 Å². The van der Waals surface area contributed by atoms with Crippen LogP contribution in [0.1, 0.15) is 27.2 Å². The molecule has 1 atom stereocenters. The zero-order valence-corrected chi connectivity index (χ0v) is 10.2. The molecule has 74 valence electrons. The van der Waals surface area contributed by atoms with Crippen LogP contribution in [-0.4, -0.2) is 24.6 Å². The first kappa shape index (κ1) is 12.7. The van der Waals surface area contributed by atoms with Gasteiger partial charge in [0.1, 0.15) is 0 Å². The standard InChI is InChI=1S/C9H21NS2/c1-5-10-7-6-9(8(2)3)12-11-4/h8-10H,5-7H2,1-4H3. The highest BCUT2D eigenvalue weighted by Crippen LogP contribution is 2.30. The molecule has 0 radical (unpaired) electrons. The zero-order valence-electron chi connectivity index (χ0n) is 8.59. The smallest absolute Gasteiger partial charge is 0.0186 e. The van der Waals surface area contributed by atoms with Gasteiger partial charge in [-0.25, -0.2) is 0 Å². The predicted molar refractivity (Wildman–Crippen MR) is 62.9 cm³/mol. The molecule has 0 aromatic carbocycles. The average Bonchev–Trinajstić information content (AvgIpc) is 2.03. The summed E-state index contributed by atoms with van der Waals surface area (Å²) in [5.74, 6) is 0.793. The van der Waals surface area contributed by atoms with Crippen molar-refractivity contribution in [3.63, 3.8) is 0 Å². The Kier molecular flexibility index (Phi) is 8.72. The summed E-state index contributed by atoms with van der Waals surface area (Å²) >= 11 is 0.